The van der Waals surface area contributed by atoms with E-state index in [1.165, 1.54) is 5.56 Å². The molecule has 0 saturated carbocycles. The molecule has 2 aromatic heterocycles. The summed E-state index contributed by atoms with van der Waals surface area (Å²) in [5.74, 6) is 1.11. The SMILES string of the molecule is CN1CCN(c2ncccc2CNCc2ccccn2)CC1. The average molecular weight is 297 g/mol. The maximum Gasteiger partial charge on any atom is 0.133 e. The van der Waals surface area contributed by atoms with Crippen molar-refractivity contribution < 1.29 is 0 Å². The Morgan fingerprint density at radius 3 is 2.55 bits per heavy atom. The van der Waals surface area contributed by atoms with E-state index in [1.54, 1.807) is 0 Å². The number of rotatable bonds is 5. The number of hydrogen-bond acceptors (Lipinski definition) is 5. The second-order valence-corrected chi connectivity index (χ2v) is 5.70. The zero-order chi connectivity index (χ0) is 15.2. The molecule has 0 aliphatic carbocycles. The van der Waals surface area contributed by atoms with Crippen LogP contribution in [0.1, 0.15) is 11.3 Å². The van der Waals surface area contributed by atoms with Gasteiger partial charge in [-0.25, -0.2) is 4.98 Å². The van der Waals surface area contributed by atoms with E-state index >= 15 is 0 Å². The summed E-state index contributed by atoms with van der Waals surface area (Å²) in [5.41, 5.74) is 2.32. The Kier molecular flexibility index (Phi) is 4.98. The Bertz CT molecular complexity index is 579. The zero-order valence-electron chi connectivity index (χ0n) is 13.1. The number of nitrogens with one attached hydrogen (secondary N) is 1. The number of pyridine rings is 2. The molecule has 0 spiro atoms. The van der Waals surface area contributed by atoms with Gasteiger partial charge in [0.15, 0.2) is 0 Å². The first kappa shape index (κ1) is 14.9. The lowest BCUT2D eigenvalue weighted by molar-refractivity contribution is 0.311. The summed E-state index contributed by atoms with van der Waals surface area (Å²) in [7, 11) is 2.17. The van der Waals surface area contributed by atoms with Gasteiger partial charge in [0.05, 0.1) is 5.69 Å². The molecule has 0 aromatic carbocycles. The Morgan fingerprint density at radius 2 is 1.77 bits per heavy atom. The van der Waals surface area contributed by atoms with Crippen LogP contribution in [-0.4, -0.2) is 48.1 Å². The monoisotopic (exact) mass is 297 g/mol. The molecular weight excluding hydrogens is 274 g/mol. The van der Waals surface area contributed by atoms with Gasteiger partial charge in [-0.3, -0.25) is 4.98 Å². The second kappa shape index (κ2) is 7.33. The van der Waals surface area contributed by atoms with Crippen molar-refractivity contribution in [3.8, 4) is 0 Å². The van der Waals surface area contributed by atoms with E-state index in [0.29, 0.717) is 0 Å². The molecule has 1 fully saturated rings. The average Bonchev–Trinajstić information content (AvgIpc) is 2.57. The second-order valence-electron chi connectivity index (χ2n) is 5.70. The van der Waals surface area contributed by atoms with E-state index in [0.717, 1.165) is 50.8 Å². The van der Waals surface area contributed by atoms with Gasteiger partial charge in [-0.1, -0.05) is 12.1 Å². The van der Waals surface area contributed by atoms with Crippen molar-refractivity contribution in [3.63, 3.8) is 0 Å². The summed E-state index contributed by atoms with van der Waals surface area (Å²) in [5, 5.41) is 3.47. The fraction of sp³-hybridized carbons (Fsp3) is 0.412. The van der Waals surface area contributed by atoms with Crippen molar-refractivity contribution in [1.82, 2.24) is 20.2 Å². The number of hydrogen-bond donors (Lipinski definition) is 1. The van der Waals surface area contributed by atoms with Crippen LogP contribution >= 0.6 is 0 Å². The first-order valence-corrected chi connectivity index (χ1v) is 7.81. The van der Waals surface area contributed by atoms with Crippen LogP contribution in [0.2, 0.25) is 0 Å². The van der Waals surface area contributed by atoms with E-state index in [-0.39, 0.29) is 0 Å². The quantitative estimate of drug-likeness (QED) is 0.906. The lowest BCUT2D eigenvalue weighted by Crippen LogP contribution is -2.45. The highest BCUT2D eigenvalue weighted by atomic mass is 15.3. The third-order valence-corrected chi connectivity index (χ3v) is 4.02. The van der Waals surface area contributed by atoms with Gasteiger partial charge in [-0.2, -0.15) is 0 Å². The summed E-state index contributed by atoms with van der Waals surface area (Å²) in [4.78, 5) is 13.7. The van der Waals surface area contributed by atoms with Gasteiger partial charge in [0, 0.05) is 57.2 Å². The zero-order valence-corrected chi connectivity index (χ0v) is 13.1. The van der Waals surface area contributed by atoms with Crippen LogP contribution in [-0.2, 0) is 13.1 Å². The molecule has 2 aromatic rings. The molecular formula is C17H23N5. The van der Waals surface area contributed by atoms with E-state index < -0.39 is 0 Å². The molecule has 0 amide bonds. The van der Waals surface area contributed by atoms with Gasteiger partial charge in [0.1, 0.15) is 5.82 Å². The summed E-state index contributed by atoms with van der Waals surface area (Å²) < 4.78 is 0. The minimum absolute atomic E-state index is 0.776. The predicted octanol–water partition coefficient (Wildman–Crippen LogP) is 1.52. The molecule has 1 N–H and O–H groups in total. The van der Waals surface area contributed by atoms with Crippen LogP contribution in [0.4, 0.5) is 5.82 Å². The van der Waals surface area contributed by atoms with Crippen LogP contribution in [0.3, 0.4) is 0 Å². The molecule has 5 nitrogen and oxygen atoms in total. The van der Waals surface area contributed by atoms with Gasteiger partial charge in [0.25, 0.3) is 0 Å². The fourth-order valence-corrected chi connectivity index (χ4v) is 2.70. The van der Waals surface area contributed by atoms with Crippen molar-refractivity contribution in [2.75, 3.05) is 38.1 Å². The van der Waals surface area contributed by atoms with Crippen LogP contribution in [0.5, 0.6) is 0 Å². The first-order chi connectivity index (χ1) is 10.8. The van der Waals surface area contributed by atoms with Crippen LogP contribution in [0.25, 0.3) is 0 Å². The maximum absolute atomic E-state index is 4.60. The molecule has 0 unspecified atom stereocenters. The lowest BCUT2D eigenvalue weighted by Gasteiger charge is -2.34. The van der Waals surface area contributed by atoms with Crippen molar-refractivity contribution in [1.29, 1.82) is 0 Å². The summed E-state index contributed by atoms with van der Waals surface area (Å²) in [6.07, 6.45) is 3.71. The number of piperazine rings is 1. The highest BCUT2D eigenvalue weighted by Crippen LogP contribution is 2.18. The molecule has 22 heavy (non-hydrogen) atoms. The van der Waals surface area contributed by atoms with Crippen molar-refractivity contribution in [3.05, 3.63) is 54.0 Å². The number of likely N-dealkylation sites (N-methyl/N-ethyl adjacent to an activating group) is 1. The standard InChI is InChI=1S/C17H23N5/c1-21-9-11-22(12-10-21)17-15(5-4-8-20-17)13-18-14-16-6-2-3-7-19-16/h2-8,18H,9-14H2,1H3. The van der Waals surface area contributed by atoms with Gasteiger partial charge in [0.2, 0.25) is 0 Å². The molecule has 5 heteroatoms. The molecule has 1 aliphatic heterocycles. The number of anilines is 1. The van der Waals surface area contributed by atoms with Gasteiger partial charge < -0.3 is 15.1 Å². The number of aromatic nitrogens is 2. The van der Waals surface area contributed by atoms with Gasteiger partial charge in [-0.05, 0) is 25.2 Å². The molecule has 1 saturated heterocycles. The van der Waals surface area contributed by atoms with Crippen LogP contribution < -0.4 is 10.2 Å². The van der Waals surface area contributed by atoms with Gasteiger partial charge in [-0.15, -0.1) is 0 Å². The Balaban J connectivity index is 1.61. The van der Waals surface area contributed by atoms with Crippen LogP contribution in [0.15, 0.2) is 42.7 Å². The van der Waals surface area contributed by atoms with Crippen molar-refractivity contribution >= 4 is 5.82 Å². The minimum Gasteiger partial charge on any atom is -0.354 e. The third-order valence-electron chi connectivity index (χ3n) is 4.02. The van der Waals surface area contributed by atoms with Crippen LogP contribution in [0, 0.1) is 0 Å². The molecule has 3 rings (SSSR count). The van der Waals surface area contributed by atoms with Crippen molar-refractivity contribution in [2.45, 2.75) is 13.1 Å². The Morgan fingerprint density at radius 1 is 0.955 bits per heavy atom. The smallest absolute Gasteiger partial charge is 0.133 e. The van der Waals surface area contributed by atoms with E-state index in [4.69, 9.17) is 0 Å². The molecule has 1 aliphatic rings. The van der Waals surface area contributed by atoms with E-state index in [9.17, 15) is 0 Å². The van der Waals surface area contributed by atoms with Gasteiger partial charge >= 0.3 is 0 Å². The topological polar surface area (TPSA) is 44.3 Å². The minimum atomic E-state index is 0.776. The van der Waals surface area contributed by atoms with E-state index in [2.05, 4.69) is 38.2 Å². The molecule has 0 atom stereocenters. The lowest BCUT2D eigenvalue weighted by atomic mass is 10.2. The van der Waals surface area contributed by atoms with E-state index in [1.807, 2.05) is 36.7 Å². The fourth-order valence-electron chi connectivity index (χ4n) is 2.70. The molecule has 3 heterocycles. The molecule has 0 bridgehead atoms. The maximum atomic E-state index is 4.60. The predicted molar refractivity (Wildman–Crippen MR) is 88.7 cm³/mol. The first-order valence-electron chi connectivity index (χ1n) is 7.81. The highest BCUT2D eigenvalue weighted by molar-refractivity contribution is 5.47. The summed E-state index contributed by atoms with van der Waals surface area (Å²) in [6.45, 7) is 5.86. The molecule has 0 radical (unpaired) electrons. The molecule has 116 valence electrons. The Hall–Kier alpha value is -1.98. The normalized spacial score (nSPS) is 16.0. The third kappa shape index (κ3) is 3.81. The number of nitrogens with zero attached hydrogens (tertiary/aromatic N) is 4. The Labute approximate surface area is 132 Å². The summed E-state index contributed by atoms with van der Waals surface area (Å²) in [6, 6.07) is 10.2. The highest BCUT2D eigenvalue weighted by Gasteiger charge is 2.17. The largest absolute Gasteiger partial charge is 0.354 e. The summed E-state index contributed by atoms with van der Waals surface area (Å²) >= 11 is 0. The van der Waals surface area contributed by atoms with Crippen molar-refractivity contribution in [2.24, 2.45) is 0 Å².